The molecule has 1 rings (SSSR count). The molecule has 2 heteroatoms. The fraction of sp³-hybridized carbons (Fsp3) is 0.500. The predicted molar refractivity (Wildman–Crippen MR) is 41.5 cm³/mol. The average molecular weight is 139 g/mol. The molecule has 3 N–H and O–H groups in total. The van der Waals surface area contributed by atoms with Crippen LogP contribution in [0.15, 0.2) is 23.8 Å². The van der Waals surface area contributed by atoms with E-state index in [1.54, 1.807) is 13.8 Å². The van der Waals surface area contributed by atoms with E-state index in [1.165, 1.54) is 0 Å². The molecule has 0 radical (unpaired) electrons. The molecule has 0 bridgehead atoms. The molecule has 0 heterocycles. The Kier molecular flexibility index (Phi) is 1.67. The lowest BCUT2D eigenvalue weighted by Crippen LogP contribution is -2.21. The Labute approximate surface area is 61.0 Å². The maximum Gasteiger partial charge on any atom is 0.0838 e. The van der Waals surface area contributed by atoms with Crippen molar-refractivity contribution in [3.8, 4) is 0 Å². The predicted octanol–water partition coefficient (Wildman–Crippen LogP) is 0.581. The van der Waals surface area contributed by atoms with Crippen molar-refractivity contribution in [2.45, 2.75) is 25.5 Å². The number of rotatable bonds is 1. The van der Waals surface area contributed by atoms with Crippen molar-refractivity contribution in [1.82, 2.24) is 0 Å². The lowest BCUT2D eigenvalue weighted by Gasteiger charge is -2.16. The Morgan fingerprint density at radius 3 is 2.40 bits per heavy atom. The molecule has 1 atom stereocenters. The smallest absolute Gasteiger partial charge is 0.0838 e. The highest BCUT2D eigenvalue weighted by atomic mass is 16.3. The SMILES string of the molecule is CC(C)(O)C1=CC(N)C=C1. The first-order chi connectivity index (χ1) is 4.50. The van der Waals surface area contributed by atoms with Crippen molar-refractivity contribution in [2.75, 3.05) is 0 Å². The van der Waals surface area contributed by atoms with Crippen molar-refractivity contribution in [3.05, 3.63) is 23.8 Å². The Hall–Kier alpha value is -0.600. The maximum atomic E-state index is 9.46. The van der Waals surface area contributed by atoms with Crippen LogP contribution in [0, 0.1) is 0 Å². The first-order valence-electron chi connectivity index (χ1n) is 3.38. The van der Waals surface area contributed by atoms with Gasteiger partial charge in [-0.05, 0) is 19.4 Å². The van der Waals surface area contributed by atoms with Gasteiger partial charge in [-0.15, -0.1) is 0 Å². The van der Waals surface area contributed by atoms with Crippen LogP contribution in [0.2, 0.25) is 0 Å². The van der Waals surface area contributed by atoms with Gasteiger partial charge in [0.25, 0.3) is 0 Å². The highest BCUT2D eigenvalue weighted by Gasteiger charge is 2.20. The fourth-order valence-electron chi connectivity index (χ4n) is 0.941. The van der Waals surface area contributed by atoms with Gasteiger partial charge in [0, 0.05) is 6.04 Å². The van der Waals surface area contributed by atoms with Gasteiger partial charge in [-0.3, -0.25) is 0 Å². The van der Waals surface area contributed by atoms with E-state index in [9.17, 15) is 5.11 Å². The van der Waals surface area contributed by atoms with Gasteiger partial charge in [-0.2, -0.15) is 0 Å². The third-order valence-electron chi connectivity index (χ3n) is 1.58. The lowest BCUT2D eigenvalue weighted by molar-refractivity contribution is 0.124. The van der Waals surface area contributed by atoms with E-state index < -0.39 is 5.60 Å². The monoisotopic (exact) mass is 139 g/mol. The zero-order valence-corrected chi connectivity index (χ0v) is 6.33. The molecule has 0 amide bonds. The Balaban J connectivity index is 2.78. The summed E-state index contributed by atoms with van der Waals surface area (Å²) in [6, 6.07) is -0.0126. The zero-order valence-electron chi connectivity index (χ0n) is 6.33. The van der Waals surface area contributed by atoms with E-state index in [0.717, 1.165) is 5.57 Å². The summed E-state index contributed by atoms with van der Waals surface area (Å²) in [6.45, 7) is 3.50. The molecule has 10 heavy (non-hydrogen) atoms. The Morgan fingerprint density at radius 1 is 1.60 bits per heavy atom. The van der Waals surface area contributed by atoms with Crippen LogP contribution in [-0.4, -0.2) is 16.7 Å². The van der Waals surface area contributed by atoms with Crippen LogP contribution < -0.4 is 5.73 Å². The average Bonchev–Trinajstić information content (AvgIpc) is 2.11. The quantitative estimate of drug-likeness (QED) is 0.558. The fourth-order valence-corrected chi connectivity index (χ4v) is 0.941. The van der Waals surface area contributed by atoms with Gasteiger partial charge in [-0.1, -0.05) is 18.2 Å². The second kappa shape index (κ2) is 2.22. The minimum Gasteiger partial charge on any atom is -0.386 e. The molecule has 0 saturated heterocycles. The molecule has 0 fully saturated rings. The van der Waals surface area contributed by atoms with Gasteiger partial charge in [0.05, 0.1) is 5.60 Å². The summed E-state index contributed by atoms with van der Waals surface area (Å²) in [5, 5.41) is 9.46. The molecule has 0 saturated carbocycles. The van der Waals surface area contributed by atoms with E-state index in [0.29, 0.717) is 0 Å². The molecular formula is C8H13NO. The second-order valence-electron chi connectivity index (χ2n) is 3.12. The largest absolute Gasteiger partial charge is 0.386 e. The standard InChI is InChI=1S/C8H13NO/c1-8(2,10)6-3-4-7(9)5-6/h3-5,7,10H,9H2,1-2H3. The van der Waals surface area contributed by atoms with Gasteiger partial charge in [-0.25, -0.2) is 0 Å². The maximum absolute atomic E-state index is 9.46. The highest BCUT2D eigenvalue weighted by molar-refractivity contribution is 5.36. The van der Waals surface area contributed by atoms with Gasteiger partial charge in [0.2, 0.25) is 0 Å². The van der Waals surface area contributed by atoms with Crippen molar-refractivity contribution >= 4 is 0 Å². The molecule has 1 unspecified atom stereocenters. The summed E-state index contributed by atoms with van der Waals surface area (Å²) in [4.78, 5) is 0. The number of aliphatic hydroxyl groups is 1. The van der Waals surface area contributed by atoms with Crippen molar-refractivity contribution in [1.29, 1.82) is 0 Å². The summed E-state index contributed by atoms with van der Waals surface area (Å²) in [7, 11) is 0. The van der Waals surface area contributed by atoms with E-state index in [4.69, 9.17) is 5.73 Å². The molecule has 56 valence electrons. The van der Waals surface area contributed by atoms with E-state index in [-0.39, 0.29) is 6.04 Å². The summed E-state index contributed by atoms with van der Waals surface area (Å²) in [5.74, 6) is 0. The first kappa shape index (κ1) is 7.51. The van der Waals surface area contributed by atoms with E-state index in [1.807, 2.05) is 18.2 Å². The number of hydrogen-bond acceptors (Lipinski definition) is 2. The summed E-state index contributed by atoms with van der Waals surface area (Å²) < 4.78 is 0. The van der Waals surface area contributed by atoms with Crippen LogP contribution in [0.4, 0.5) is 0 Å². The molecule has 0 aromatic rings. The summed E-state index contributed by atoms with van der Waals surface area (Å²) in [6.07, 6.45) is 5.60. The third kappa shape index (κ3) is 1.46. The van der Waals surface area contributed by atoms with Crippen LogP contribution in [0.5, 0.6) is 0 Å². The van der Waals surface area contributed by atoms with Gasteiger partial charge in [0.15, 0.2) is 0 Å². The van der Waals surface area contributed by atoms with Crippen LogP contribution in [0.1, 0.15) is 13.8 Å². The van der Waals surface area contributed by atoms with Crippen molar-refractivity contribution in [3.63, 3.8) is 0 Å². The molecule has 0 aromatic heterocycles. The zero-order chi connectivity index (χ0) is 7.78. The molecule has 1 aliphatic rings. The van der Waals surface area contributed by atoms with E-state index >= 15 is 0 Å². The minimum atomic E-state index is -0.745. The first-order valence-corrected chi connectivity index (χ1v) is 3.38. The normalized spacial score (nSPS) is 25.2. The summed E-state index contributed by atoms with van der Waals surface area (Å²) in [5.41, 5.74) is 5.70. The Morgan fingerprint density at radius 2 is 2.20 bits per heavy atom. The van der Waals surface area contributed by atoms with Crippen LogP contribution in [0.25, 0.3) is 0 Å². The molecular weight excluding hydrogens is 126 g/mol. The van der Waals surface area contributed by atoms with Crippen LogP contribution >= 0.6 is 0 Å². The molecule has 0 aromatic carbocycles. The number of hydrogen-bond donors (Lipinski definition) is 2. The Bertz CT molecular complexity index is 186. The molecule has 1 aliphatic carbocycles. The highest BCUT2D eigenvalue weighted by Crippen LogP contribution is 2.21. The van der Waals surface area contributed by atoms with E-state index in [2.05, 4.69) is 0 Å². The van der Waals surface area contributed by atoms with Gasteiger partial charge >= 0.3 is 0 Å². The van der Waals surface area contributed by atoms with Gasteiger partial charge < -0.3 is 10.8 Å². The molecule has 0 spiro atoms. The molecule has 0 aliphatic heterocycles. The minimum absolute atomic E-state index is 0.0126. The van der Waals surface area contributed by atoms with Crippen molar-refractivity contribution < 1.29 is 5.11 Å². The summed E-state index contributed by atoms with van der Waals surface area (Å²) >= 11 is 0. The molecule has 2 nitrogen and oxygen atoms in total. The number of nitrogens with two attached hydrogens (primary N) is 1. The van der Waals surface area contributed by atoms with Crippen LogP contribution in [0.3, 0.4) is 0 Å². The lowest BCUT2D eigenvalue weighted by atomic mass is 10.00. The van der Waals surface area contributed by atoms with Crippen molar-refractivity contribution in [2.24, 2.45) is 5.73 Å². The van der Waals surface area contributed by atoms with Crippen LogP contribution in [-0.2, 0) is 0 Å². The topological polar surface area (TPSA) is 46.2 Å². The second-order valence-corrected chi connectivity index (χ2v) is 3.12. The third-order valence-corrected chi connectivity index (χ3v) is 1.58. The van der Waals surface area contributed by atoms with Gasteiger partial charge in [0.1, 0.15) is 0 Å².